The van der Waals surface area contributed by atoms with E-state index in [0.29, 0.717) is 11.1 Å². The van der Waals surface area contributed by atoms with Gasteiger partial charge in [0.15, 0.2) is 5.22 Å². The highest BCUT2D eigenvalue weighted by Crippen LogP contribution is 2.36. The summed E-state index contributed by atoms with van der Waals surface area (Å²) in [5.41, 5.74) is 5.96. The Balaban J connectivity index is 0.000000845. The van der Waals surface area contributed by atoms with E-state index in [1.165, 1.54) is 19.3 Å². The Morgan fingerprint density at radius 2 is 2.15 bits per heavy atom. The van der Waals surface area contributed by atoms with Crippen molar-refractivity contribution >= 4 is 24.0 Å². The summed E-state index contributed by atoms with van der Waals surface area (Å²) in [6, 6.07) is 3.66. The molecule has 4 heteroatoms. The molecular formula is C9H13Cl2NO. The molecule has 13 heavy (non-hydrogen) atoms. The molecule has 0 bridgehead atoms. The minimum absolute atomic E-state index is 0. The first kappa shape index (κ1) is 10.9. The average Bonchev–Trinajstić information content (AvgIpc) is 2.31. The van der Waals surface area contributed by atoms with Crippen LogP contribution >= 0.6 is 24.0 Å². The van der Waals surface area contributed by atoms with Crippen LogP contribution in [0, 0.1) is 5.92 Å². The summed E-state index contributed by atoms with van der Waals surface area (Å²) < 4.78 is 5.24. The third kappa shape index (κ3) is 2.19. The van der Waals surface area contributed by atoms with E-state index in [2.05, 4.69) is 0 Å². The Bertz CT molecular complexity index is 270. The summed E-state index contributed by atoms with van der Waals surface area (Å²) in [6.07, 6.45) is 3.74. The number of furan rings is 1. The fourth-order valence-corrected chi connectivity index (χ4v) is 1.69. The quantitative estimate of drug-likeness (QED) is 0.834. The molecule has 74 valence electrons. The Hall–Kier alpha value is -0.180. The summed E-state index contributed by atoms with van der Waals surface area (Å²) in [5.74, 6) is 1.43. The third-order valence-electron chi connectivity index (χ3n) is 2.58. The summed E-state index contributed by atoms with van der Waals surface area (Å²) in [7, 11) is 0. The second-order valence-electron chi connectivity index (χ2n) is 3.36. The molecule has 1 aromatic heterocycles. The molecule has 2 rings (SSSR count). The molecule has 1 aliphatic carbocycles. The number of hydrogen-bond donors (Lipinski definition) is 1. The van der Waals surface area contributed by atoms with Crippen LogP contribution < -0.4 is 5.73 Å². The maximum absolute atomic E-state index is 5.96. The molecule has 1 saturated carbocycles. The van der Waals surface area contributed by atoms with E-state index in [1.807, 2.05) is 6.07 Å². The fourth-order valence-electron chi connectivity index (χ4n) is 1.54. The topological polar surface area (TPSA) is 39.2 Å². The van der Waals surface area contributed by atoms with Gasteiger partial charge >= 0.3 is 0 Å². The van der Waals surface area contributed by atoms with E-state index in [0.717, 1.165) is 5.76 Å². The number of hydrogen-bond acceptors (Lipinski definition) is 2. The molecule has 1 fully saturated rings. The fraction of sp³-hybridized carbons (Fsp3) is 0.556. The van der Waals surface area contributed by atoms with Crippen LogP contribution in [0.4, 0.5) is 0 Å². The van der Waals surface area contributed by atoms with Crippen molar-refractivity contribution in [2.45, 2.75) is 25.3 Å². The van der Waals surface area contributed by atoms with Crippen molar-refractivity contribution in [1.29, 1.82) is 0 Å². The molecule has 1 atom stereocenters. The predicted molar refractivity (Wildman–Crippen MR) is 55.2 cm³/mol. The minimum Gasteiger partial charge on any atom is -0.448 e. The number of halogens is 2. The van der Waals surface area contributed by atoms with E-state index in [9.17, 15) is 0 Å². The van der Waals surface area contributed by atoms with Gasteiger partial charge in [0.25, 0.3) is 0 Å². The van der Waals surface area contributed by atoms with Crippen LogP contribution in [0.15, 0.2) is 16.5 Å². The zero-order valence-corrected chi connectivity index (χ0v) is 8.77. The van der Waals surface area contributed by atoms with Crippen LogP contribution in [0.3, 0.4) is 0 Å². The van der Waals surface area contributed by atoms with E-state index >= 15 is 0 Å². The first-order chi connectivity index (χ1) is 5.77. The highest BCUT2D eigenvalue weighted by atomic mass is 35.5. The molecule has 0 radical (unpaired) electrons. The Morgan fingerprint density at radius 3 is 2.54 bits per heavy atom. The normalized spacial score (nSPS) is 18.9. The highest BCUT2D eigenvalue weighted by Gasteiger charge is 2.27. The molecule has 1 aromatic rings. The number of rotatable bonds is 2. The van der Waals surface area contributed by atoms with Gasteiger partial charge in [-0.25, -0.2) is 0 Å². The molecule has 0 saturated heterocycles. The van der Waals surface area contributed by atoms with Crippen molar-refractivity contribution < 1.29 is 4.42 Å². The first-order valence-corrected chi connectivity index (χ1v) is 4.66. The summed E-state index contributed by atoms with van der Waals surface area (Å²) in [6.45, 7) is 0. The average molecular weight is 222 g/mol. The monoisotopic (exact) mass is 221 g/mol. The molecule has 2 nitrogen and oxygen atoms in total. The van der Waals surface area contributed by atoms with Gasteiger partial charge in [-0.1, -0.05) is 6.42 Å². The van der Waals surface area contributed by atoms with E-state index in [1.54, 1.807) is 6.07 Å². The van der Waals surface area contributed by atoms with Crippen molar-refractivity contribution in [1.82, 2.24) is 0 Å². The number of nitrogens with two attached hydrogens (primary N) is 1. The van der Waals surface area contributed by atoms with Crippen molar-refractivity contribution in [3.63, 3.8) is 0 Å². The second kappa shape index (κ2) is 4.36. The smallest absolute Gasteiger partial charge is 0.193 e. The SMILES string of the molecule is Cl.N[C@@H](c1ccc(Cl)o1)C1CCC1. The maximum Gasteiger partial charge on any atom is 0.193 e. The van der Waals surface area contributed by atoms with Gasteiger partial charge in [-0.05, 0) is 42.5 Å². The molecule has 0 aliphatic heterocycles. The van der Waals surface area contributed by atoms with Gasteiger partial charge in [-0.3, -0.25) is 0 Å². The molecule has 0 spiro atoms. The standard InChI is InChI=1S/C9H12ClNO.ClH/c10-8-5-4-7(12-8)9(11)6-2-1-3-6;/h4-6,9H,1-3,11H2;1H/t9-;/m1./s1. The molecule has 0 amide bonds. The van der Waals surface area contributed by atoms with Crippen LogP contribution in [0.25, 0.3) is 0 Å². The zero-order chi connectivity index (χ0) is 8.55. The van der Waals surface area contributed by atoms with Crippen LogP contribution in [0.2, 0.25) is 5.22 Å². The van der Waals surface area contributed by atoms with Gasteiger partial charge in [0.1, 0.15) is 5.76 Å². The Labute approximate surface area is 88.8 Å². The molecule has 1 aliphatic rings. The minimum atomic E-state index is 0. The molecular weight excluding hydrogens is 209 g/mol. The lowest BCUT2D eigenvalue weighted by atomic mass is 9.79. The lowest BCUT2D eigenvalue weighted by Gasteiger charge is -2.29. The van der Waals surface area contributed by atoms with Crippen molar-refractivity contribution in [2.75, 3.05) is 0 Å². The maximum atomic E-state index is 5.96. The van der Waals surface area contributed by atoms with Gasteiger partial charge in [0.2, 0.25) is 0 Å². The molecule has 1 heterocycles. The largest absolute Gasteiger partial charge is 0.448 e. The summed E-state index contributed by atoms with van der Waals surface area (Å²) in [4.78, 5) is 0. The van der Waals surface area contributed by atoms with Crippen LogP contribution in [-0.2, 0) is 0 Å². The van der Waals surface area contributed by atoms with Crippen molar-refractivity contribution in [3.05, 3.63) is 23.1 Å². The molecule has 0 aromatic carbocycles. The van der Waals surface area contributed by atoms with E-state index in [-0.39, 0.29) is 18.4 Å². The van der Waals surface area contributed by atoms with Crippen LogP contribution in [0.1, 0.15) is 31.1 Å². The highest BCUT2D eigenvalue weighted by molar-refractivity contribution is 6.28. The van der Waals surface area contributed by atoms with Crippen molar-refractivity contribution in [3.8, 4) is 0 Å². The van der Waals surface area contributed by atoms with Crippen molar-refractivity contribution in [2.24, 2.45) is 11.7 Å². The Morgan fingerprint density at radius 1 is 1.46 bits per heavy atom. The van der Waals surface area contributed by atoms with Gasteiger partial charge in [0.05, 0.1) is 6.04 Å². The van der Waals surface area contributed by atoms with E-state index < -0.39 is 0 Å². The lowest BCUT2D eigenvalue weighted by Crippen LogP contribution is -2.26. The van der Waals surface area contributed by atoms with Gasteiger partial charge in [0, 0.05) is 0 Å². The summed E-state index contributed by atoms with van der Waals surface area (Å²) in [5, 5.41) is 0.430. The van der Waals surface area contributed by atoms with Crippen LogP contribution in [0.5, 0.6) is 0 Å². The van der Waals surface area contributed by atoms with Crippen LogP contribution in [-0.4, -0.2) is 0 Å². The summed E-state index contributed by atoms with van der Waals surface area (Å²) >= 11 is 5.65. The lowest BCUT2D eigenvalue weighted by molar-refractivity contribution is 0.241. The zero-order valence-electron chi connectivity index (χ0n) is 7.20. The predicted octanol–water partition coefficient (Wildman–Crippen LogP) is 3.15. The third-order valence-corrected chi connectivity index (χ3v) is 2.78. The van der Waals surface area contributed by atoms with Gasteiger partial charge in [-0.15, -0.1) is 12.4 Å². The molecule has 0 unspecified atom stereocenters. The second-order valence-corrected chi connectivity index (χ2v) is 3.73. The Kier molecular flexibility index (Phi) is 3.65. The first-order valence-electron chi connectivity index (χ1n) is 4.28. The molecule has 2 N–H and O–H groups in total. The van der Waals surface area contributed by atoms with Gasteiger partial charge in [-0.2, -0.15) is 0 Å². The van der Waals surface area contributed by atoms with Gasteiger partial charge < -0.3 is 10.2 Å². The van der Waals surface area contributed by atoms with E-state index in [4.69, 9.17) is 21.8 Å².